The minimum atomic E-state index is -0.246. The zero-order valence-electron chi connectivity index (χ0n) is 11.3. The van der Waals surface area contributed by atoms with E-state index in [-0.39, 0.29) is 17.1 Å². The topological polar surface area (TPSA) is 53.1 Å². The van der Waals surface area contributed by atoms with Crippen molar-refractivity contribution in [3.05, 3.63) is 68.7 Å². The van der Waals surface area contributed by atoms with Gasteiger partial charge in [0.15, 0.2) is 5.78 Å². The van der Waals surface area contributed by atoms with Crippen LogP contribution in [0.1, 0.15) is 16.1 Å². The van der Waals surface area contributed by atoms with Crippen molar-refractivity contribution >= 4 is 54.6 Å². The number of aromatic nitrogens is 1. The van der Waals surface area contributed by atoms with Crippen LogP contribution in [0.15, 0.2) is 57.5 Å². The monoisotopic (exact) mass is 419 g/mol. The van der Waals surface area contributed by atoms with Crippen molar-refractivity contribution in [2.24, 2.45) is 0 Å². The molecule has 0 fully saturated rings. The summed E-state index contributed by atoms with van der Waals surface area (Å²) in [6.45, 7) is 0. The van der Waals surface area contributed by atoms with Gasteiger partial charge in [-0.15, -0.1) is 0 Å². The van der Waals surface area contributed by atoms with E-state index in [1.165, 1.54) is 12.1 Å². The second kappa shape index (κ2) is 6.10. The van der Waals surface area contributed by atoms with Gasteiger partial charge in [0.1, 0.15) is 5.75 Å². The highest BCUT2D eigenvalue weighted by Gasteiger charge is 2.08. The number of hydrogen-bond acceptors (Lipinski definition) is 2. The Bertz CT molecular complexity index is 897. The van der Waals surface area contributed by atoms with E-state index in [1.54, 1.807) is 18.2 Å². The fourth-order valence-electron chi connectivity index (χ4n) is 2.18. The number of carbonyl (C=O) groups excluding carboxylic acids is 1. The fraction of sp³-hybridized carbons (Fsp3) is 0. The smallest absolute Gasteiger partial charge is 0.189 e. The number of ketones is 1. The molecule has 2 N–H and O–H groups in total. The quantitative estimate of drug-likeness (QED) is 0.446. The molecule has 0 aliphatic carbocycles. The van der Waals surface area contributed by atoms with Crippen molar-refractivity contribution in [1.82, 2.24) is 4.98 Å². The molecule has 1 heterocycles. The van der Waals surface area contributed by atoms with Crippen molar-refractivity contribution < 1.29 is 9.90 Å². The van der Waals surface area contributed by atoms with Gasteiger partial charge in [0, 0.05) is 25.5 Å². The van der Waals surface area contributed by atoms with Gasteiger partial charge in [-0.05, 0) is 48.6 Å². The predicted molar refractivity (Wildman–Crippen MR) is 95.2 cm³/mol. The lowest BCUT2D eigenvalue weighted by Gasteiger charge is -2.00. The molecule has 0 amide bonds. The lowest BCUT2D eigenvalue weighted by Crippen LogP contribution is -1.94. The highest BCUT2D eigenvalue weighted by atomic mass is 79.9. The number of aromatic hydroxyl groups is 1. The average Bonchev–Trinajstić information content (AvgIpc) is 2.86. The lowest BCUT2D eigenvalue weighted by atomic mass is 10.1. The predicted octanol–water partition coefficient (Wildman–Crippen LogP) is 5.29. The Morgan fingerprint density at radius 3 is 2.55 bits per heavy atom. The molecule has 3 nitrogen and oxygen atoms in total. The Labute approximate surface area is 143 Å². The molecule has 1 aromatic heterocycles. The summed E-state index contributed by atoms with van der Waals surface area (Å²) in [5.74, 6) is -0.283. The molecule has 0 bridgehead atoms. The first kappa shape index (κ1) is 15.1. The van der Waals surface area contributed by atoms with Crippen LogP contribution in [0.25, 0.3) is 17.0 Å². The fourth-order valence-corrected chi connectivity index (χ4v) is 2.89. The Kier molecular flexibility index (Phi) is 4.18. The largest absolute Gasteiger partial charge is 0.507 e. The molecule has 0 spiro atoms. The molecule has 0 radical (unpaired) electrons. The summed E-state index contributed by atoms with van der Waals surface area (Å²) < 4.78 is 1.72. The zero-order valence-corrected chi connectivity index (χ0v) is 14.5. The van der Waals surface area contributed by atoms with Crippen molar-refractivity contribution in [2.45, 2.75) is 0 Å². The van der Waals surface area contributed by atoms with Crippen LogP contribution < -0.4 is 0 Å². The first-order valence-corrected chi connectivity index (χ1v) is 8.11. The van der Waals surface area contributed by atoms with Gasteiger partial charge in [-0.3, -0.25) is 4.79 Å². The number of allylic oxidation sites excluding steroid dienone is 1. The molecule has 3 rings (SSSR count). The molecular weight excluding hydrogens is 410 g/mol. The molecular formula is C17H11Br2NO2. The molecule has 0 saturated carbocycles. The summed E-state index contributed by atoms with van der Waals surface area (Å²) >= 11 is 6.67. The minimum absolute atomic E-state index is 0.0374. The second-order valence-electron chi connectivity index (χ2n) is 4.82. The van der Waals surface area contributed by atoms with Gasteiger partial charge >= 0.3 is 0 Å². The maximum Gasteiger partial charge on any atom is 0.189 e. The molecule has 22 heavy (non-hydrogen) atoms. The van der Waals surface area contributed by atoms with Gasteiger partial charge in [-0.1, -0.05) is 37.9 Å². The maximum absolute atomic E-state index is 12.1. The van der Waals surface area contributed by atoms with Crippen molar-refractivity contribution in [3.63, 3.8) is 0 Å². The minimum Gasteiger partial charge on any atom is -0.507 e. The number of phenolic OH excluding ortho intramolecular Hbond substituents is 1. The molecule has 5 heteroatoms. The maximum atomic E-state index is 12.1. The molecule has 2 aromatic carbocycles. The molecule has 3 aromatic rings. The van der Waals surface area contributed by atoms with Crippen molar-refractivity contribution in [2.75, 3.05) is 0 Å². The van der Waals surface area contributed by atoms with Gasteiger partial charge in [-0.25, -0.2) is 0 Å². The van der Waals surface area contributed by atoms with Gasteiger partial charge in [0.2, 0.25) is 0 Å². The highest BCUT2D eigenvalue weighted by molar-refractivity contribution is 9.10. The third-order valence-corrected chi connectivity index (χ3v) is 4.23. The number of benzene rings is 2. The second-order valence-corrected chi connectivity index (χ2v) is 6.65. The molecule has 110 valence electrons. The number of hydrogen-bond donors (Lipinski definition) is 2. The van der Waals surface area contributed by atoms with Crippen LogP contribution in [-0.2, 0) is 0 Å². The first-order chi connectivity index (χ1) is 10.5. The molecule has 0 saturated heterocycles. The van der Waals surface area contributed by atoms with E-state index in [0.29, 0.717) is 0 Å². The molecule has 0 aliphatic heterocycles. The zero-order chi connectivity index (χ0) is 15.7. The Morgan fingerprint density at radius 1 is 1.05 bits per heavy atom. The van der Waals surface area contributed by atoms with Crippen LogP contribution >= 0.6 is 31.9 Å². The van der Waals surface area contributed by atoms with Crippen LogP contribution in [-0.4, -0.2) is 15.9 Å². The Balaban J connectivity index is 1.87. The van der Waals surface area contributed by atoms with E-state index >= 15 is 0 Å². The summed E-state index contributed by atoms with van der Waals surface area (Å²) in [7, 11) is 0. The van der Waals surface area contributed by atoms with Gasteiger partial charge in [0.25, 0.3) is 0 Å². The number of H-pyrrole nitrogens is 1. The summed E-state index contributed by atoms with van der Waals surface area (Å²) in [5.41, 5.74) is 2.10. The summed E-state index contributed by atoms with van der Waals surface area (Å²) in [6.07, 6.45) is 3.15. The lowest BCUT2D eigenvalue weighted by molar-refractivity contribution is 0.104. The number of nitrogens with one attached hydrogen (secondary N) is 1. The van der Waals surface area contributed by atoms with Crippen LogP contribution in [0, 0.1) is 0 Å². The van der Waals surface area contributed by atoms with E-state index in [2.05, 4.69) is 36.8 Å². The first-order valence-electron chi connectivity index (χ1n) is 6.52. The van der Waals surface area contributed by atoms with Crippen LogP contribution in [0.2, 0.25) is 0 Å². The molecule has 0 unspecified atom stereocenters. The molecule has 0 aliphatic rings. The summed E-state index contributed by atoms with van der Waals surface area (Å²) in [6, 6.07) is 12.7. The van der Waals surface area contributed by atoms with E-state index in [1.807, 2.05) is 24.3 Å². The van der Waals surface area contributed by atoms with Crippen LogP contribution in [0.5, 0.6) is 5.75 Å². The number of phenols is 1. The van der Waals surface area contributed by atoms with E-state index < -0.39 is 0 Å². The number of carbonyl (C=O) groups is 1. The number of fused-ring (bicyclic) bond motifs is 1. The van der Waals surface area contributed by atoms with E-state index in [9.17, 15) is 9.90 Å². The Hall–Kier alpha value is -1.85. The normalized spacial score (nSPS) is 11.4. The average molecular weight is 421 g/mol. The Morgan fingerprint density at radius 2 is 1.77 bits per heavy atom. The van der Waals surface area contributed by atoms with E-state index in [4.69, 9.17) is 0 Å². The standard InChI is InChI=1S/C17H11Br2NO2/c18-11-2-1-10-7-13(20-15(10)8-11)4-6-16(21)14-5-3-12(19)9-17(14)22/h1-9,20,22H/b6-4+. The van der Waals surface area contributed by atoms with Gasteiger partial charge in [-0.2, -0.15) is 0 Å². The van der Waals surface area contributed by atoms with E-state index in [0.717, 1.165) is 25.5 Å². The summed E-state index contributed by atoms with van der Waals surface area (Å²) in [5, 5.41) is 10.9. The van der Waals surface area contributed by atoms with Gasteiger partial charge < -0.3 is 10.1 Å². The number of rotatable bonds is 3. The summed E-state index contributed by atoms with van der Waals surface area (Å²) in [4.78, 5) is 15.4. The third kappa shape index (κ3) is 3.15. The van der Waals surface area contributed by atoms with Crippen molar-refractivity contribution in [1.29, 1.82) is 0 Å². The SMILES string of the molecule is O=C(/C=C/c1cc2ccc(Br)cc2[nH]1)c1ccc(Br)cc1O. The van der Waals surface area contributed by atoms with Crippen LogP contribution in [0.3, 0.4) is 0 Å². The van der Waals surface area contributed by atoms with Crippen LogP contribution in [0.4, 0.5) is 0 Å². The highest BCUT2D eigenvalue weighted by Crippen LogP contribution is 2.24. The number of aromatic amines is 1. The molecule has 0 atom stereocenters. The van der Waals surface area contributed by atoms with Gasteiger partial charge in [0.05, 0.1) is 5.56 Å². The third-order valence-electron chi connectivity index (χ3n) is 3.24. The number of halogens is 2. The van der Waals surface area contributed by atoms with Crippen molar-refractivity contribution in [3.8, 4) is 5.75 Å².